The number of amides is 1. The lowest BCUT2D eigenvalue weighted by Crippen LogP contribution is -2.40. The lowest BCUT2D eigenvalue weighted by Gasteiger charge is -2.30. The van der Waals surface area contributed by atoms with Crippen LogP contribution in [0.2, 0.25) is 25.7 Å². The molecule has 164 valence electrons. The van der Waals surface area contributed by atoms with Crippen molar-refractivity contribution in [2.45, 2.75) is 71.8 Å². The van der Waals surface area contributed by atoms with Gasteiger partial charge in [-0.05, 0) is 33.2 Å². The molecule has 0 radical (unpaired) electrons. The first-order valence-corrected chi connectivity index (χ1v) is 14.4. The number of rotatable bonds is 6. The Balaban J connectivity index is 1.82. The molecule has 2 aromatic rings. The average Bonchev–Trinajstić information content (AvgIpc) is 3.02. The van der Waals surface area contributed by atoms with Crippen LogP contribution in [0, 0.1) is 0 Å². The van der Waals surface area contributed by atoms with Crippen LogP contribution in [0.3, 0.4) is 0 Å². The van der Waals surface area contributed by atoms with Crippen molar-refractivity contribution in [3.05, 3.63) is 41.6 Å². The first-order chi connectivity index (χ1) is 14.0. The molecule has 7 heteroatoms. The molecule has 1 aliphatic rings. The molecule has 0 unspecified atom stereocenters. The second-order valence-electron chi connectivity index (χ2n) is 10.1. The summed E-state index contributed by atoms with van der Waals surface area (Å²) in [5.41, 5.74) is 3.82. The Morgan fingerprint density at radius 2 is 1.87 bits per heavy atom. The van der Waals surface area contributed by atoms with Gasteiger partial charge in [-0.3, -0.25) is 0 Å². The third kappa shape index (κ3) is 5.95. The first-order valence-electron chi connectivity index (χ1n) is 10.7. The van der Waals surface area contributed by atoms with Gasteiger partial charge < -0.3 is 14.4 Å². The molecule has 0 fully saturated rings. The number of nitrogens with zero attached hydrogens (tertiary/aromatic N) is 3. The normalized spacial score (nSPS) is 14.5. The Bertz CT molecular complexity index is 866. The summed E-state index contributed by atoms with van der Waals surface area (Å²) >= 11 is 0. The number of hydrogen-bond acceptors (Lipinski definition) is 4. The van der Waals surface area contributed by atoms with Crippen LogP contribution in [0.15, 0.2) is 30.3 Å². The lowest BCUT2D eigenvalue weighted by atomic mass is 10.0. The highest BCUT2D eigenvalue weighted by Crippen LogP contribution is 2.30. The lowest BCUT2D eigenvalue weighted by molar-refractivity contribution is 0.0205. The van der Waals surface area contributed by atoms with Crippen molar-refractivity contribution in [3.8, 4) is 11.3 Å². The summed E-state index contributed by atoms with van der Waals surface area (Å²) in [5.74, 6) is 0. The molecule has 0 bridgehead atoms. The van der Waals surface area contributed by atoms with E-state index in [4.69, 9.17) is 14.6 Å². The molecule has 2 heterocycles. The maximum absolute atomic E-state index is 12.6. The zero-order valence-corrected chi connectivity index (χ0v) is 20.2. The van der Waals surface area contributed by atoms with Gasteiger partial charge in [0.25, 0.3) is 0 Å². The molecular weight excluding hydrogens is 394 g/mol. The minimum Gasteiger partial charge on any atom is -0.444 e. The molecule has 1 amide bonds. The highest BCUT2D eigenvalue weighted by atomic mass is 28.3. The van der Waals surface area contributed by atoms with Gasteiger partial charge in [0, 0.05) is 32.4 Å². The van der Waals surface area contributed by atoms with Gasteiger partial charge in [0.05, 0.1) is 17.9 Å². The minimum atomic E-state index is -1.14. The van der Waals surface area contributed by atoms with Gasteiger partial charge in [-0.15, -0.1) is 0 Å². The van der Waals surface area contributed by atoms with E-state index in [0.717, 1.165) is 36.0 Å². The van der Waals surface area contributed by atoms with Gasteiger partial charge in [-0.2, -0.15) is 5.10 Å². The summed E-state index contributed by atoms with van der Waals surface area (Å²) < 4.78 is 13.5. The Morgan fingerprint density at radius 3 is 2.50 bits per heavy atom. The second kappa shape index (κ2) is 8.94. The van der Waals surface area contributed by atoms with Crippen LogP contribution < -0.4 is 0 Å². The number of hydrogen-bond donors (Lipinski definition) is 0. The zero-order chi connectivity index (χ0) is 21.9. The average molecular weight is 430 g/mol. The molecular formula is C23H35N3O3Si. The van der Waals surface area contributed by atoms with Crippen LogP contribution in [0.4, 0.5) is 4.79 Å². The van der Waals surface area contributed by atoms with Crippen LogP contribution in [0.25, 0.3) is 11.3 Å². The predicted molar refractivity (Wildman–Crippen MR) is 122 cm³/mol. The van der Waals surface area contributed by atoms with Crippen molar-refractivity contribution in [3.63, 3.8) is 0 Å². The molecule has 30 heavy (non-hydrogen) atoms. The highest BCUT2D eigenvalue weighted by Gasteiger charge is 2.30. The van der Waals surface area contributed by atoms with Gasteiger partial charge in [0.1, 0.15) is 12.3 Å². The van der Waals surface area contributed by atoms with Crippen LogP contribution in [-0.2, 0) is 29.2 Å². The predicted octanol–water partition coefficient (Wildman–Crippen LogP) is 5.16. The molecule has 0 N–H and O–H groups in total. The number of aromatic nitrogens is 2. The van der Waals surface area contributed by atoms with Crippen molar-refractivity contribution < 1.29 is 14.3 Å². The van der Waals surface area contributed by atoms with Gasteiger partial charge >= 0.3 is 6.09 Å². The van der Waals surface area contributed by atoms with E-state index in [2.05, 4.69) is 31.8 Å². The van der Waals surface area contributed by atoms with Crippen molar-refractivity contribution in [1.29, 1.82) is 0 Å². The third-order valence-electron chi connectivity index (χ3n) is 5.05. The van der Waals surface area contributed by atoms with Crippen LogP contribution in [0.1, 0.15) is 32.0 Å². The Hall–Kier alpha value is -2.12. The zero-order valence-electron chi connectivity index (χ0n) is 19.2. The SMILES string of the molecule is CC(C)(C)OC(=O)N1CCc2c(-c3ccccc3)nn(COCC[Si](C)(C)C)c2C1. The maximum atomic E-state index is 12.6. The third-order valence-corrected chi connectivity index (χ3v) is 6.75. The topological polar surface area (TPSA) is 56.6 Å². The summed E-state index contributed by atoms with van der Waals surface area (Å²) in [6.07, 6.45) is 0.482. The fourth-order valence-corrected chi connectivity index (χ4v) is 4.18. The van der Waals surface area contributed by atoms with E-state index in [-0.39, 0.29) is 6.09 Å². The molecule has 1 aromatic heterocycles. The molecule has 0 aliphatic carbocycles. The maximum Gasteiger partial charge on any atom is 0.410 e. The molecule has 1 aliphatic heterocycles. The number of carbonyl (C=O) groups excluding carboxylic acids is 1. The Kier molecular flexibility index (Phi) is 6.72. The van der Waals surface area contributed by atoms with Crippen LogP contribution >= 0.6 is 0 Å². The minimum absolute atomic E-state index is 0.276. The number of ether oxygens (including phenoxy) is 2. The van der Waals surface area contributed by atoms with E-state index in [0.29, 0.717) is 19.8 Å². The van der Waals surface area contributed by atoms with Crippen LogP contribution in [-0.4, -0.2) is 47.6 Å². The van der Waals surface area contributed by atoms with Gasteiger partial charge in [-0.1, -0.05) is 50.0 Å². The largest absolute Gasteiger partial charge is 0.444 e. The first kappa shape index (κ1) is 22.6. The van der Waals surface area contributed by atoms with Crippen LogP contribution in [0.5, 0.6) is 0 Å². The fourth-order valence-electron chi connectivity index (χ4n) is 3.43. The summed E-state index contributed by atoms with van der Waals surface area (Å²) in [6.45, 7) is 15.0. The van der Waals surface area contributed by atoms with E-state index < -0.39 is 13.7 Å². The smallest absolute Gasteiger partial charge is 0.410 e. The fraction of sp³-hybridized carbons (Fsp3) is 0.565. The Labute approximate surface area is 181 Å². The molecule has 0 saturated heterocycles. The van der Waals surface area contributed by atoms with Gasteiger partial charge in [0.15, 0.2) is 0 Å². The molecule has 6 nitrogen and oxygen atoms in total. The molecule has 0 atom stereocenters. The van der Waals surface area contributed by atoms with E-state index in [1.54, 1.807) is 4.90 Å². The molecule has 0 spiro atoms. The van der Waals surface area contributed by atoms with Gasteiger partial charge in [0.2, 0.25) is 0 Å². The summed E-state index contributed by atoms with van der Waals surface area (Å²) in [4.78, 5) is 14.4. The summed E-state index contributed by atoms with van der Waals surface area (Å²) in [7, 11) is -1.14. The standard InChI is InChI=1S/C23H35N3O3Si/c1-23(2,3)29-22(27)25-13-12-19-20(16-25)26(17-28-14-15-30(4,5)6)24-21(19)18-10-8-7-9-11-18/h7-11H,12-17H2,1-6H3. The van der Waals surface area contributed by atoms with Crippen molar-refractivity contribution in [2.75, 3.05) is 13.2 Å². The van der Waals surface area contributed by atoms with Crippen molar-refractivity contribution >= 4 is 14.2 Å². The number of benzene rings is 1. The van der Waals surface area contributed by atoms with E-state index in [1.807, 2.05) is 43.7 Å². The monoisotopic (exact) mass is 429 g/mol. The summed E-state index contributed by atoms with van der Waals surface area (Å²) in [5, 5.41) is 4.89. The van der Waals surface area contributed by atoms with E-state index in [1.165, 1.54) is 5.56 Å². The quantitative estimate of drug-likeness (QED) is 0.470. The van der Waals surface area contributed by atoms with Crippen molar-refractivity contribution in [2.24, 2.45) is 0 Å². The molecule has 1 aromatic carbocycles. The van der Waals surface area contributed by atoms with E-state index >= 15 is 0 Å². The molecule has 3 rings (SSSR count). The summed E-state index contributed by atoms with van der Waals surface area (Å²) in [6, 6.07) is 11.4. The molecule has 0 saturated carbocycles. The second-order valence-corrected chi connectivity index (χ2v) is 15.8. The highest BCUT2D eigenvalue weighted by molar-refractivity contribution is 6.76. The number of fused-ring (bicyclic) bond motifs is 1. The van der Waals surface area contributed by atoms with E-state index in [9.17, 15) is 4.79 Å². The number of carbonyl (C=O) groups is 1. The van der Waals surface area contributed by atoms with Crippen molar-refractivity contribution in [1.82, 2.24) is 14.7 Å². The van der Waals surface area contributed by atoms with Gasteiger partial charge in [-0.25, -0.2) is 9.48 Å². The Morgan fingerprint density at radius 1 is 1.17 bits per heavy atom.